The van der Waals surface area contributed by atoms with Crippen LogP contribution in [0.15, 0.2) is 48.5 Å². The summed E-state index contributed by atoms with van der Waals surface area (Å²) in [6.07, 6.45) is 0. The van der Waals surface area contributed by atoms with Crippen LogP contribution in [0.4, 0.5) is 10.5 Å². The lowest BCUT2D eigenvalue weighted by molar-refractivity contribution is -0.134. The van der Waals surface area contributed by atoms with E-state index in [1.54, 1.807) is 24.0 Å². The summed E-state index contributed by atoms with van der Waals surface area (Å²) >= 11 is 12.0. The number of hydrogen-bond donors (Lipinski definition) is 1. The lowest BCUT2D eigenvalue weighted by atomic mass is 9.92. The number of carbonyl (C=O) groups is 3. The number of imide groups is 1. The van der Waals surface area contributed by atoms with Crippen LogP contribution in [0.1, 0.15) is 26.3 Å². The fourth-order valence-corrected chi connectivity index (χ4v) is 3.67. The van der Waals surface area contributed by atoms with Crippen LogP contribution in [0.25, 0.3) is 0 Å². The zero-order valence-corrected chi connectivity index (χ0v) is 17.8. The van der Waals surface area contributed by atoms with E-state index < -0.39 is 17.5 Å². The van der Waals surface area contributed by atoms with Crippen molar-refractivity contribution in [2.45, 2.75) is 32.4 Å². The average Bonchev–Trinajstić information content (AvgIpc) is 2.88. The Bertz CT molecular complexity index is 965. The van der Waals surface area contributed by atoms with Gasteiger partial charge >= 0.3 is 6.03 Å². The summed E-state index contributed by atoms with van der Waals surface area (Å²) < 4.78 is 0. The Labute approximate surface area is 179 Å². The maximum atomic E-state index is 13.1. The third-order valence-electron chi connectivity index (χ3n) is 4.88. The number of hydrogen-bond acceptors (Lipinski definition) is 3. The van der Waals surface area contributed by atoms with E-state index in [2.05, 4.69) is 5.32 Å². The molecule has 8 heteroatoms. The summed E-state index contributed by atoms with van der Waals surface area (Å²) in [5, 5.41) is 3.29. The molecular weight excluding hydrogens is 413 g/mol. The van der Waals surface area contributed by atoms with Gasteiger partial charge in [0.1, 0.15) is 12.1 Å². The van der Waals surface area contributed by atoms with Crippen LogP contribution in [0, 0.1) is 0 Å². The van der Waals surface area contributed by atoms with E-state index in [1.165, 1.54) is 6.07 Å². The summed E-state index contributed by atoms with van der Waals surface area (Å²) in [4.78, 5) is 41.1. The zero-order valence-electron chi connectivity index (χ0n) is 16.3. The molecule has 1 atom stereocenters. The van der Waals surface area contributed by atoms with Crippen LogP contribution in [-0.4, -0.2) is 35.3 Å². The summed E-state index contributed by atoms with van der Waals surface area (Å²) in [6.45, 7) is 4.95. The minimum absolute atomic E-state index is 0.146. The van der Waals surface area contributed by atoms with Crippen molar-refractivity contribution in [3.8, 4) is 0 Å². The maximum Gasteiger partial charge on any atom is 0.325 e. The number of nitrogens with zero attached hydrogens (tertiary/aromatic N) is 2. The second kappa shape index (κ2) is 8.05. The lowest BCUT2D eigenvalue weighted by Crippen LogP contribution is -2.46. The van der Waals surface area contributed by atoms with Gasteiger partial charge < -0.3 is 10.2 Å². The molecule has 2 aromatic carbocycles. The van der Waals surface area contributed by atoms with Gasteiger partial charge in [-0.25, -0.2) is 4.79 Å². The van der Waals surface area contributed by atoms with Crippen molar-refractivity contribution in [1.82, 2.24) is 10.2 Å². The quantitative estimate of drug-likeness (QED) is 0.718. The molecule has 1 unspecified atom stereocenters. The molecule has 4 amide bonds. The lowest BCUT2D eigenvalue weighted by Gasteiger charge is -2.28. The van der Waals surface area contributed by atoms with Crippen LogP contribution in [0.5, 0.6) is 0 Å². The molecule has 1 aliphatic heterocycles. The molecule has 0 aliphatic carbocycles. The zero-order chi connectivity index (χ0) is 21.3. The highest BCUT2D eigenvalue weighted by atomic mass is 35.5. The van der Waals surface area contributed by atoms with Crippen LogP contribution < -0.4 is 10.2 Å². The number of rotatable bonds is 5. The third-order valence-corrected chi connectivity index (χ3v) is 5.62. The molecular formula is C21H21Cl2N3O3. The minimum Gasteiger partial charge on any atom is -0.319 e. The van der Waals surface area contributed by atoms with Gasteiger partial charge in [-0.05, 0) is 50.6 Å². The van der Waals surface area contributed by atoms with E-state index in [9.17, 15) is 14.4 Å². The highest BCUT2D eigenvalue weighted by Crippen LogP contribution is 2.33. The van der Waals surface area contributed by atoms with Crippen LogP contribution >= 0.6 is 23.2 Å². The highest BCUT2D eigenvalue weighted by molar-refractivity contribution is 6.42. The predicted molar refractivity (Wildman–Crippen MR) is 113 cm³/mol. The first-order valence-electron chi connectivity index (χ1n) is 9.12. The van der Waals surface area contributed by atoms with Gasteiger partial charge in [0.25, 0.3) is 5.91 Å². The molecule has 3 rings (SSSR count). The largest absolute Gasteiger partial charge is 0.325 e. The molecule has 0 radical (unpaired) electrons. The number of anilines is 1. The molecule has 1 N–H and O–H groups in total. The molecule has 29 heavy (non-hydrogen) atoms. The summed E-state index contributed by atoms with van der Waals surface area (Å²) in [7, 11) is 0. The van der Waals surface area contributed by atoms with Crippen molar-refractivity contribution >= 4 is 46.7 Å². The first-order valence-corrected chi connectivity index (χ1v) is 9.87. The third kappa shape index (κ3) is 3.95. The molecule has 1 fully saturated rings. The second-order valence-corrected chi connectivity index (χ2v) is 8.08. The monoisotopic (exact) mass is 433 g/mol. The first kappa shape index (κ1) is 21.1. The van der Waals surface area contributed by atoms with E-state index >= 15 is 0 Å². The Kier molecular flexibility index (Phi) is 5.87. The van der Waals surface area contributed by atoms with Crippen LogP contribution in [0.3, 0.4) is 0 Å². The predicted octanol–water partition coefficient (Wildman–Crippen LogP) is 4.20. The van der Waals surface area contributed by atoms with Crippen molar-refractivity contribution in [1.29, 1.82) is 0 Å². The maximum absolute atomic E-state index is 13.1. The fraction of sp³-hybridized carbons (Fsp3) is 0.286. The van der Waals surface area contributed by atoms with Gasteiger partial charge in [-0.2, -0.15) is 0 Å². The molecule has 1 aliphatic rings. The summed E-state index contributed by atoms with van der Waals surface area (Å²) in [5.41, 5.74) is -0.142. The molecule has 152 valence electrons. The molecule has 0 spiro atoms. The summed E-state index contributed by atoms with van der Waals surface area (Å²) in [5.74, 6) is -0.876. The molecule has 0 saturated carbocycles. The van der Waals surface area contributed by atoms with Crippen molar-refractivity contribution in [3.63, 3.8) is 0 Å². The molecule has 6 nitrogen and oxygen atoms in total. The normalized spacial score (nSPS) is 18.9. The van der Waals surface area contributed by atoms with Gasteiger partial charge in [-0.15, -0.1) is 0 Å². The van der Waals surface area contributed by atoms with Crippen molar-refractivity contribution in [2.24, 2.45) is 0 Å². The second-order valence-electron chi connectivity index (χ2n) is 7.27. The van der Waals surface area contributed by atoms with Crippen molar-refractivity contribution in [2.75, 3.05) is 11.4 Å². The smallest absolute Gasteiger partial charge is 0.319 e. The standard InChI is InChI=1S/C21H21Cl2N3O3/c1-13(2)26(15-7-5-4-6-8-15)18(27)12-25-19(28)21(3,24-20(25)29)14-9-10-16(22)17(23)11-14/h4-11,13H,12H2,1-3H3,(H,24,29). The van der Waals surface area contributed by atoms with Crippen molar-refractivity contribution < 1.29 is 14.4 Å². The Balaban J connectivity index is 1.86. The van der Waals surface area contributed by atoms with Crippen molar-refractivity contribution in [3.05, 3.63) is 64.1 Å². The number of nitrogens with one attached hydrogen (secondary N) is 1. The number of benzene rings is 2. The van der Waals surface area contributed by atoms with E-state index in [0.29, 0.717) is 16.3 Å². The van der Waals surface area contributed by atoms with Crippen LogP contribution in [-0.2, 0) is 15.1 Å². The van der Waals surface area contributed by atoms with Gasteiger partial charge in [0.15, 0.2) is 0 Å². The Morgan fingerprint density at radius 2 is 1.76 bits per heavy atom. The minimum atomic E-state index is -1.33. The number of carbonyl (C=O) groups excluding carboxylic acids is 3. The van der Waals surface area contributed by atoms with E-state index in [4.69, 9.17) is 23.2 Å². The number of para-hydroxylation sites is 1. The Hall–Kier alpha value is -2.57. The Morgan fingerprint density at radius 1 is 1.10 bits per heavy atom. The topological polar surface area (TPSA) is 69.7 Å². The molecule has 0 bridgehead atoms. The SMILES string of the molecule is CC(C)N(C(=O)CN1C(=O)NC(C)(c2ccc(Cl)c(Cl)c2)C1=O)c1ccccc1. The number of amides is 4. The summed E-state index contributed by atoms with van der Waals surface area (Å²) in [6, 6.07) is 13.1. The van der Waals surface area contributed by atoms with Gasteiger partial charge in [0, 0.05) is 11.7 Å². The number of halogens is 2. The van der Waals surface area contributed by atoms with Gasteiger partial charge in [-0.1, -0.05) is 47.5 Å². The average molecular weight is 434 g/mol. The molecule has 1 heterocycles. The Morgan fingerprint density at radius 3 is 2.34 bits per heavy atom. The molecule has 1 saturated heterocycles. The highest BCUT2D eigenvalue weighted by Gasteiger charge is 2.50. The van der Waals surface area contributed by atoms with Gasteiger partial charge in [-0.3, -0.25) is 14.5 Å². The molecule has 0 aromatic heterocycles. The van der Waals surface area contributed by atoms with E-state index in [0.717, 1.165) is 4.90 Å². The first-order chi connectivity index (χ1) is 13.6. The van der Waals surface area contributed by atoms with Crippen LogP contribution in [0.2, 0.25) is 10.0 Å². The van der Waals surface area contributed by atoms with E-state index in [1.807, 2.05) is 44.2 Å². The van der Waals surface area contributed by atoms with Gasteiger partial charge in [0.2, 0.25) is 5.91 Å². The molecule has 2 aromatic rings. The van der Waals surface area contributed by atoms with Gasteiger partial charge in [0.05, 0.1) is 10.0 Å². The number of urea groups is 1. The van der Waals surface area contributed by atoms with E-state index in [-0.39, 0.29) is 23.5 Å². The fourth-order valence-electron chi connectivity index (χ4n) is 3.37.